The Hall–Kier alpha value is -1.56. The van der Waals surface area contributed by atoms with Crippen LogP contribution in [0.1, 0.15) is 16.7 Å². The molecule has 0 amide bonds. The maximum atomic E-state index is 12.9. The zero-order chi connectivity index (χ0) is 15.8. The first-order valence-electron chi connectivity index (χ1n) is 6.77. The first kappa shape index (κ1) is 15.8. The Balaban J connectivity index is 2.16. The third-order valence-corrected chi connectivity index (χ3v) is 4.24. The van der Waals surface area contributed by atoms with E-state index in [1.165, 1.54) is 0 Å². The van der Waals surface area contributed by atoms with Crippen LogP contribution in [-0.4, -0.2) is 35.2 Å². The molecule has 1 fully saturated rings. The number of rotatable bonds is 3. The van der Waals surface area contributed by atoms with Crippen molar-refractivity contribution in [1.29, 1.82) is 0 Å². The quantitative estimate of drug-likeness (QED) is 0.933. The van der Waals surface area contributed by atoms with Crippen molar-refractivity contribution in [3.63, 3.8) is 0 Å². The predicted octanol–water partition coefficient (Wildman–Crippen LogP) is 3.00. The summed E-state index contributed by atoms with van der Waals surface area (Å²) < 4.78 is 38.8. The molecule has 1 aliphatic rings. The van der Waals surface area contributed by atoms with Crippen molar-refractivity contribution in [1.82, 2.24) is 4.90 Å². The van der Waals surface area contributed by atoms with Crippen LogP contribution in [0.5, 0.6) is 0 Å². The van der Waals surface area contributed by atoms with Crippen LogP contribution < -0.4 is 0 Å². The second-order valence-electron chi connectivity index (χ2n) is 5.65. The van der Waals surface area contributed by atoms with Crippen LogP contribution in [0.15, 0.2) is 18.2 Å². The lowest BCUT2D eigenvalue weighted by Gasteiger charge is -2.19. The Bertz CT molecular complexity index is 542. The molecule has 3 nitrogen and oxygen atoms in total. The van der Waals surface area contributed by atoms with Crippen LogP contribution in [0.4, 0.5) is 13.2 Å². The van der Waals surface area contributed by atoms with Crippen LogP contribution >= 0.6 is 0 Å². The van der Waals surface area contributed by atoms with Gasteiger partial charge in [0.05, 0.1) is 11.8 Å². The molecule has 1 N–H and O–H groups in total. The molecule has 1 aromatic carbocycles. The van der Waals surface area contributed by atoms with Crippen molar-refractivity contribution < 1.29 is 23.1 Å². The SMILES string of the molecule is Cc1cccc(CN2C[C@@H](C(F)(F)F)[C@H](C(=O)O)C2)c1C. The fourth-order valence-electron chi connectivity index (χ4n) is 2.82. The highest BCUT2D eigenvalue weighted by molar-refractivity contribution is 5.71. The summed E-state index contributed by atoms with van der Waals surface area (Å²) in [6, 6.07) is 5.68. The molecule has 116 valence electrons. The van der Waals surface area contributed by atoms with Crippen LogP contribution in [0, 0.1) is 25.7 Å². The molecule has 1 saturated heterocycles. The van der Waals surface area contributed by atoms with E-state index >= 15 is 0 Å². The summed E-state index contributed by atoms with van der Waals surface area (Å²) in [6.45, 7) is 3.91. The minimum absolute atomic E-state index is 0.0626. The van der Waals surface area contributed by atoms with Gasteiger partial charge in [0.1, 0.15) is 0 Å². The lowest BCUT2D eigenvalue weighted by molar-refractivity contribution is -0.188. The summed E-state index contributed by atoms with van der Waals surface area (Å²) in [7, 11) is 0. The Morgan fingerprint density at radius 3 is 2.52 bits per heavy atom. The molecule has 0 radical (unpaired) electrons. The lowest BCUT2D eigenvalue weighted by Crippen LogP contribution is -2.33. The average molecular weight is 301 g/mol. The number of carboxylic acids is 1. The van der Waals surface area contributed by atoms with Gasteiger partial charge in [-0.05, 0) is 30.5 Å². The second-order valence-corrected chi connectivity index (χ2v) is 5.65. The molecule has 0 unspecified atom stereocenters. The maximum Gasteiger partial charge on any atom is 0.393 e. The van der Waals surface area contributed by atoms with E-state index in [-0.39, 0.29) is 13.1 Å². The Kier molecular flexibility index (Phi) is 4.27. The highest BCUT2D eigenvalue weighted by Gasteiger charge is 2.52. The molecule has 2 rings (SSSR count). The fourth-order valence-corrected chi connectivity index (χ4v) is 2.82. The maximum absolute atomic E-state index is 12.9. The Labute approximate surface area is 121 Å². The molecular weight excluding hydrogens is 283 g/mol. The smallest absolute Gasteiger partial charge is 0.393 e. The van der Waals surface area contributed by atoms with Crippen LogP contribution in [0.25, 0.3) is 0 Å². The van der Waals surface area contributed by atoms with Crippen molar-refractivity contribution in [3.8, 4) is 0 Å². The summed E-state index contributed by atoms with van der Waals surface area (Å²) in [5.74, 6) is -4.55. The lowest BCUT2D eigenvalue weighted by atomic mass is 9.96. The number of carboxylic acid groups (broad SMARTS) is 1. The van der Waals surface area contributed by atoms with Crippen LogP contribution in [-0.2, 0) is 11.3 Å². The molecule has 2 atom stereocenters. The number of alkyl halides is 3. The standard InChI is InChI=1S/C15H18F3NO2/c1-9-4-3-5-11(10(9)2)6-19-7-12(14(20)21)13(8-19)15(16,17)18/h3-5,12-13H,6-8H2,1-2H3,(H,20,21)/t12-,13-/m1/s1. The third kappa shape index (κ3) is 3.37. The third-order valence-electron chi connectivity index (χ3n) is 4.24. The summed E-state index contributed by atoms with van der Waals surface area (Å²) in [5, 5.41) is 9.00. The first-order valence-corrected chi connectivity index (χ1v) is 6.77. The average Bonchev–Trinajstić information content (AvgIpc) is 2.79. The van der Waals surface area contributed by atoms with Gasteiger partial charge < -0.3 is 5.11 Å². The second kappa shape index (κ2) is 5.67. The van der Waals surface area contributed by atoms with Gasteiger partial charge in [0.25, 0.3) is 0 Å². The monoisotopic (exact) mass is 301 g/mol. The van der Waals surface area contributed by atoms with Crippen LogP contribution in [0.3, 0.4) is 0 Å². The zero-order valence-corrected chi connectivity index (χ0v) is 11.9. The molecule has 1 heterocycles. The fraction of sp³-hybridized carbons (Fsp3) is 0.533. The minimum atomic E-state index is -4.47. The van der Waals surface area contributed by atoms with Gasteiger partial charge in [-0.2, -0.15) is 13.2 Å². The topological polar surface area (TPSA) is 40.5 Å². The molecule has 0 aromatic heterocycles. The van der Waals surface area contributed by atoms with E-state index in [1.54, 1.807) is 4.90 Å². The molecule has 1 aliphatic heterocycles. The van der Waals surface area contributed by atoms with Gasteiger partial charge in [0, 0.05) is 19.6 Å². The molecule has 0 aliphatic carbocycles. The summed E-state index contributed by atoms with van der Waals surface area (Å²) >= 11 is 0. The van der Waals surface area contributed by atoms with Crippen molar-refractivity contribution >= 4 is 5.97 Å². The van der Waals surface area contributed by atoms with E-state index in [9.17, 15) is 18.0 Å². The summed E-state index contributed by atoms with van der Waals surface area (Å²) in [4.78, 5) is 12.6. The van der Waals surface area contributed by atoms with Crippen LogP contribution in [0.2, 0.25) is 0 Å². The predicted molar refractivity (Wildman–Crippen MR) is 71.9 cm³/mol. The number of aryl methyl sites for hydroxylation is 1. The molecule has 6 heteroatoms. The zero-order valence-electron chi connectivity index (χ0n) is 11.9. The van der Waals surface area contributed by atoms with Gasteiger partial charge in [-0.3, -0.25) is 9.69 Å². The normalized spacial score (nSPS) is 23.5. The van der Waals surface area contributed by atoms with Gasteiger partial charge in [-0.15, -0.1) is 0 Å². The Morgan fingerprint density at radius 2 is 2.00 bits per heavy atom. The number of benzene rings is 1. The number of likely N-dealkylation sites (tertiary alicyclic amines) is 1. The molecule has 0 bridgehead atoms. The molecule has 0 saturated carbocycles. The van der Waals surface area contributed by atoms with Crippen molar-refractivity contribution in [2.75, 3.05) is 13.1 Å². The van der Waals surface area contributed by atoms with Gasteiger partial charge in [0.2, 0.25) is 0 Å². The largest absolute Gasteiger partial charge is 0.481 e. The molecule has 1 aromatic rings. The highest BCUT2D eigenvalue weighted by atomic mass is 19.4. The number of carbonyl (C=O) groups is 1. The number of hydrogen-bond acceptors (Lipinski definition) is 2. The number of aliphatic carboxylic acids is 1. The number of nitrogens with zero attached hydrogens (tertiary/aromatic N) is 1. The van der Waals surface area contributed by atoms with Gasteiger partial charge >= 0.3 is 12.1 Å². The van der Waals surface area contributed by atoms with Crippen molar-refractivity contribution in [2.24, 2.45) is 11.8 Å². The van der Waals surface area contributed by atoms with Crippen molar-refractivity contribution in [3.05, 3.63) is 34.9 Å². The van der Waals surface area contributed by atoms with E-state index < -0.39 is 24.0 Å². The van der Waals surface area contributed by atoms with Crippen molar-refractivity contribution in [2.45, 2.75) is 26.6 Å². The van der Waals surface area contributed by atoms with E-state index in [4.69, 9.17) is 5.11 Å². The molecular formula is C15H18F3NO2. The molecule has 0 spiro atoms. The van der Waals surface area contributed by atoms with E-state index in [0.29, 0.717) is 6.54 Å². The van der Waals surface area contributed by atoms with E-state index in [1.807, 2.05) is 32.0 Å². The summed E-state index contributed by atoms with van der Waals surface area (Å²) in [5.41, 5.74) is 3.07. The van der Waals surface area contributed by atoms with Gasteiger partial charge in [0.15, 0.2) is 0 Å². The molecule has 21 heavy (non-hydrogen) atoms. The Morgan fingerprint density at radius 1 is 1.33 bits per heavy atom. The summed E-state index contributed by atoms with van der Waals surface area (Å²) in [6.07, 6.45) is -4.47. The van der Waals surface area contributed by atoms with Gasteiger partial charge in [-0.25, -0.2) is 0 Å². The number of hydrogen-bond donors (Lipinski definition) is 1. The first-order chi connectivity index (χ1) is 9.70. The number of halogens is 3. The highest BCUT2D eigenvalue weighted by Crippen LogP contribution is 2.38. The van der Waals surface area contributed by atoms with E-state index in [0.717, 1.165) is 16.7 Å². The minimum Gasteiger partial charge on any atom is -0.481 e. The van der Waals surface area contributed by atoms with Gasteiger partial charge in [-0.1, -0.05) is 18.2 Å². The van der Waals surface area contributed by atoms with E-state index in [2.05, 4.69) is 0 Å².